The van der Waals surface area contributed by atoms with E-state index in [9.17, 15) is 8.22 Å². The van der Waals surface area contributed by atoms with Crippen molar-refractivity contribution in [1.82, 2.24) is 0 Å². The van der Waals surface area contributed by atoms with E-state index in [1.165, 1.54) is 83.5 Å². The van der Waals surface area contributed by atoms with Crippen LogP contribution in [0.2, 0.25) is 12.6 Å². The van der Waals surface area contributed by atoms with Gasteiger partial charge in [0.25, 0.3) is 0 Å². The first-order valence-corrected chi connectivity index (χ1v) is 12.4. The largest absolute Gasteiger partial charge is 0.422 e. The van der Waals surface area contributed by atoms with E-state index in [0.717, 1.165) is 25.8 Å². The van der Waals surface area contributed by atoms with Crippen molar-refractivity contribution in [2.45, 2.75) is 122 Å². The molecule has 0 nitrogen and oxygen atoms in total. The van der Waals surface area contributed by atoms with Crippen LogP contribution in [0, 0.1) is 0 Å². The number of unbranched alkanes of at least 4 members (excludes halogenated alkanes) is 15. The van der Waals surface area contributed by atoms with E-state index >= 15 is 0 Å². The van der Waals surface area contributed by atoms with Gasteiger partial charge in [-0.2, -0.15) is 0 Å². The third-order valence-electron chi connectivity index (χ3n) is 4.47. The number of rotatable bonds is 17. The van der Waals surface area contributed by atoms with Crippen LogP contribution in [0.5, 0.6) is 0 Å². The normalized spacial score (nSPS) is 12.0. The first-order chi connectivity index (χ1) is 10.6. The molecule has 0 spiro atoms. The summed E-state index contributed by atoms with van der Waals surface area (Å²) < 4.78 is 25.5. The summed E-state index contributed by atoms with van der Waals surface area (Å²) in [5.74, 6) is 0. The van der Waals surface area contributed by atoms with Gasteiger partial charge in [-0.3, -0.25) is 8.22 Å². The van der Waals surface area contributed by atoms with Crippen LogP contribution in [0.15, 0.2) is 0 Å². The molecule has 0 aromatic carbocycles. The maximum absolute atomic E-state index is 12.7. The van der Waals surface area contributed by atoms with Crippen LogP contribution in [0.25, 0.3) is 0 Å². The third kappa shape index (κ3) is 20.1. The molecule has 0 aromatic rings. The van der Waals surface area contributed by atoms with E-state index < -0.39 is 8.74 Å². The fourth-order valence-electron chi connectivity index (χ4n) is 2.98. The second kappa shape index (κ2) is 16.0. The van der Waals surface area contributed by atoms with Gasteiger partial charge in [-0.15, -0.1) is 0 Å². The molecule has 0 heterocycles. The summed E-state index contributed by atoms with van der Waals surface area (Å²) in [6.45, 7) is 3.43. The summed E-state index contributed by atoms with van der Waals surface area (Å²) in [4.78, 5) is 0. The molecule has 0 amide bonds. The van der Waals surface area contributed by atoms with Gasteiger partial charge in [-0.1, -0.05) is 110 Å². The van der Waals surface area contributed by atoms with Crippen molar-refractivity contribution in [2.75, 3.05) is 0 Å². The third-order valence-corrected chi connectivity index (χ3v) is 5.70. The van der Waals surface area contributed by atoms with Gasteiger partial charge in [0.2, 0.25) is 0 Å². The Morgan fingerprint density at radius 3 is 1.05 bits per heavy atom. The fourth-order valence-corrected chi connectivity index (χ4v) is 3.85. The van der Waals surface area contributed by atoms with Crippen LogP contribution in [0.3, 0.4) is 0 Å². The summed E-state index contributed by atoms with van der Waals surface area (Å²) in [7, 11) is -3.76. The Bertz CT molecular complexity index is 214. The lowest BCUT2D eigenvalue weighted by Gasteiger charge is -2.06. The van der Waals surface area contributed by atoms with Crippen LogP contribution >= 0.6 is 0 Å². The van der Waals surface area contributed by atoms with Crippen molar-refractivity contribution in [3.8, 4) is 0 Å². The molecule has 0 fully saturated rings. The van der Waals surface area contributed by atoms with Crippen LogP contribution < -0.4 is 0 Å². The Balaban J connectivity index is 3.00. The van der Waals surface area contributed by atoms with Crippen molar-refractivity contribution in [2.24, 2.45) is 0 Å². The molecule has 0 aliphatic heterocycles. The molecule has 134 valence electrons. The molecule has 0 saturated carbocycles. The minimum Gasteiger partial charge on any atom is -0.271 e. The van der Waals surface area contributed by atoms with Crippen molar-refractivity contribution in [3.05, 3.63) is 0 Å². The number of hydrogen-bond donors (Lipinski definition) is 0. The highest BCUT2D eigenvalue weighted by molar-refractivity contribution is 6.64. The summed E-state index contributed by atoms with van der Waals surface area (Å²) in [5.41, 5.74) is 0. The molecule has 3 heteroatoms. The molecule has 22 heavy (non-hydrogen) atoms. The monoisotopic (exact) mass is 334 g/mol. The lowest BCUT2D eigenvalue weighted by atomic mass is 10.0. The molecule has 0 aromatic heterocycles. The predicted octanol–water partition coefficient (Wildman–Crippen LogP) is 8.26. The van der Waals surface area contributed by atoms with E-state index in [0.29, 0.717) is 0 Å². The highest BCUT2D eigenvalue weighted by atomic mass is 28.4. The second-order valence-corrected chi connectivity index (χ2v) is 9.76. The highest BCUT2D eigenvalue weighted by Crippen LogP contribution is 2.18. The first-order valence-electron chi connectivity index (χ1n) is 9.94. The van der Waals surface area contributed by atoms with Crippen molar-refractivity contribution in [1.29, 1.82) is 0 Å². The van der Waals surface area contributed by atoms with Gasteiger partial charge < -0.3 is 0 Å². The summed E-state index contributed by atoms with van der Waals surface area (Å²) in [6, 6.07) is 0.200. The molecular weight excluding hydrogens is 294 g/mol. The molecule has 0 radical (unpaired) electrons. The average molecular weight is 335 g/mol. The SMILES string of the molecule is CCCCCCCCCCCCCCCCCC[Si](C)(F)F. The van der Waals surface area contributed by atoms with E-state index in [1.807, 2.05) is 0 Å². The summed E-state index contributed by atoms with van der Waals surface area (Å²) in [5, 5.41) is 0. The number of halogens is 2. The van der Waals surface area contributed by atoms with E-state index in [-0.39, 0.29) is 6.04 Å². The predicted molar refractivity (Wildman–Crippen MR) is 98.2 cm³/mol. The van der Waals surface area contributed by atoms with Gasteiger partial charge in [0.1, 0.15) is 0 Å². The highest BCUT2D eigenvalue weighted by Gasteiger charge is 2.26. The number of hydrogen-bond acceptors (Lipinski definition) is 0. The topological polar surface area (TPSA) is 0 Å². The van der Waals surface area contributed by atoms with Crippen molar-refractivity contribution >= 4 is 8.74 Å². The zero-order chi connectivity index (χ0) is 16.5. The van der Waals surface area contributed by atoms with Gasteiger partial charge in [-0.05, 0) is 12.6 Å². The van der Waals surface area contributed by atoms with Gasteiger partial charge in [0.15, 0.2) is 0 Å². The Hall–Kier alpha value is 0.0769. The maximum atomic E-state index is 12.7. The van der Waals surface area contributed by atoms with Gasteiger partial charge in [-0.25, -0.2) is 0 Å². The smallest absolute Gasteiger partial charge is 0.271 e. The lowest BCUT2D eigenvalue weighted by Crippen LogP contribution is -2.15. The molecular formula is C19H40F2Si. The van der Waals surface area contributed by atoms with Crippen LogP contribution in [0.4, 0.5) is 8.22 Å². The first kappa shape index (κ1) is 22.1. The van der Waals surface area contributed by atoms with E-state index in [4.69, 9.17) is 0 Å². The molecule has 0 atom stereocenters. The minimum absolute atomic E-state index is 0.200. The average Bonchev–Trinajstić information content (AvgIpc) is 2.45. The Kier molecular flexibility index (Phi) is 16.0. The van der Waals surface area contributed by atoms with E-state index in [1.54, 1.807) is 0 Å². The molecule has 0 aliphatic rings. The maximum Gasteiger partial charge on any atom is 0.422 e. The Labute approximate surface area is 139 Å². The minimum atomic E-state index is -3.76. The van der Waals surface area contributed by atoms with Crippen LogP contribution in [-0.4, -0.2) is 8.74 Å². The summed E-state index contributed by atoms with van der Waals surface area (Å²) in [6.07, 6.45) is 20.8. The quantitative estimate of drug-likeness (QED) is 0.143. The van der Waals surface area contributed by atoms with Gasteiger partial charge in [0.05, 0.1) is 0 Å². The zero-order valence-electron chi connectivity index (χ0n) is 15.3. The molecule has 0 rings (SSSR count). The molecule has 0 saturated heterocycles. The van der Waals surface area contributed by atoms with Crippen LogP contribution in [-0.2, 0) is 0 Å². The summed E-state index contributed by atoms with van der Waals surface area (Å²) >= 11 is 0. The van der Waals surface area contributed by atoms with Crippen LogP contribution in [0.1, 0.15) is 110 Å². The Morgan fingerprint density at radius 2 is 0.773 bits per heavy atom. The lowest BCUT2D eigenvalue weighted by molar-refractivity contribution is 0.528. The second-order valence-electron chi connectivity index (χ2n) is 7.12. The molecule has 0 unspecified atom stereocenters. The molecule has 0 aliphatic carbocycles. The zero-order valence-corrected chi connectivity index (χ0v) is 16.3. The van der Waals surface area contributed by atoms with Crippen molar-refractivity contribution in [3.63, 3.8) is 0 Å². The van der Waals surface area contributed by atoms with Gasteiger partial charge in [0, 0.05) is 0 Å². The van der Waals surface area contributed by atoms with E-state index in [2.05, 4.69) is 6.92 Å². The van der Waals surface area contributed by atoms with Gasteiger partial charge >= 0.3 is 8.74 Å². The van der Waals surface area contributed by atoms with Crippen molar-refractivity contribution < 1.29 is 8.22 Å². The molecule has 0 N–H and O–H groups in total. The standard InChI is InChI=1S/C19H40F2Si/c1-3-4-5-6-7-8-9-10-11-12-13-14-15-16-17-18-19-22(2,20)21/h3-19H2,1-2H3. The Morgan fingerprint density at radius 1 is 0.500 bits per heavy atom. The fraction of sp³-hybridized carbons (Fsp3) is 1.00. The molecule has 0 bridgehead atoms.